The number of carbonyl (C=O) groups excluding carboxylic acids is 2. The average Bonchev–Trinajstić information content (AvgIpc) is 3.43. The van der Waals surface area contributed by atoms with Crippen LogP contribution in [0.15, 0.2) is 52.5 Å². The van der Waals surface area contributed by atoms with Gasteiger partial charge in [0, 0.05) is 32.8 Å². The summed E-state index contributed by atoms with van der Waals surface area (Å²) >= 11 is 1.69. The number of fused-ring (bicyclic) bond motifs is 1. The number of esters is 1. The summed E-state index contributed by atoms with van der Waals surface area (Å²) in [4.78, 5) is 26.2. The molecule has 0 saturated carbocycles. The highest BCUT2D eigenvalue weighted by molar-refractivity contribution is 7.09. The molecule has 0 fully saturated rings. The van der Waals surface area contributed by atoms with E-state index in [-0.39, 0.29) is 18.8 Å². The van der Waals surface area contributed by atoms with E-state index >= 15 is 0 Å². The molecule has 3 heterocycles. The number of hydrogen-bond donors (Lipinski definition) is 0. The largest absolute Gasteiger partial charge is 0.464 e. The number of thiophene rings is 1. The monoisotopic (exact) mass is 421 g/mol. The van der Waals surface area contributed by atoms with Crippen molar-refractivity contribution in [1.29, 1.82) is 0 Å². The quantitative estimate of drug-likeness (QED) is 0.302. The van der Waals surface area contributed by atoms with Crippen molar-refractivity contribution in [3.05, 3.63) is 81.0 Å². The number of hydrogen-bond acceptors (Lipinski definition) is 5. The van der Waals surface area contributed by atoms with Crippen LogP contribution in [0.4, 0.5) is 0 Å². The van der Waals surface area contributed by atoms with E-state index in [1.807, 2.05) is 56.5 Å². The number of Topliss-reactive ketones (excluding diaryl/α,β-unsaturated/α-hetero) is 1. The maximum Gasteiger partial charge on any atom is 0.310 e. The van der Waals surface area contributed by atoms with Crippen LogP contribution in [-0.4, -0.2) is 22.9 Å². The molecule has 6 heteroatoms. The predicted octanol–water partition coefficient (Wildman–Crippen LogP) is 5.24. The third-order valence-electron chi connectivity index (χ3n) is 5.28. The zero-order valence-electron chi connectivity index (χ0n) is 17.2. The number of ketones is 1. The molecule has 0 aliphatic rings. The van der Waals surface area contributed by atoms with E-state index in [1.54, 1.807) is 17.6 Å². The van der Waals surface area contributed by atoms with Gasteiger partial charge in [0.25, 0.3) is 0 Å². The molecule has 0 spiro atoms. The fourth-order valence-electron chi connectivity index (χ4n) is 3.64. The van der Waals surface area contributed by atoms with Gasteiger partial charge in [0.2, 0.25) is 5.78 Å². The summed E-state index contributed by atoms with van der Waals surface area (Å²) in [5.74, 6) is -0.638. The summed E-state index contributed by atoms with van der Waals surface area (Å²) in [5.41, 5.74) is 5.09. The molecule has 154 valence electrons. The Kier molecular flexibility index (Phi) is 5.59. The van der Waals surface area contributed by atoms with Crippen molar-refractivity contribution in [2.24, 2.45) is 0 Å². The van der Waals surface area contributed by atoms with Crippen molar-refractivity contribution in [3.8, 4) is 0 Å². The van der Waals surface area contributed by atoms with Gasteiger partial charge in [-0.3, -0.25) is 9.59 Å². The number of nitrogens with zero attached hydrogens (tertiary/aromatic N) is 1. The van der Waals surface area contributed by atoms with Crippen LogP contribution in [-0.2, 0) is 22.5 Å². The predicted molar refractivity (Wildman–Crippen MR) is 117 cm³/mol. The number of aromatic nitrogens is 1. The fraction of sp³-hybridized carbons (Fsp3) is 0.250. The van der Waals surface area contributed by atoms with Crippen LogP contribution in [0.1, 0.15) is 37.7 Å². The lowest BCUT2D eigenvalue weighted by molar-refractivity contribution is -0.141. The van der Waals surface area contributed by atoms with Crippen LogP contribution in [0.25, 0.3) is 11.0 Å². The van der Waals surface area contributed by atoms with Crippen molar-refractivity contribution in [2.75, 3.05) is 6.61 Å². The summed E-state index contributed by atoms with van der Waals surface area (Å²) in [7, 11) is 0. The summed E-state index contributed by atoms with van der Waals surface area (Å²) in [6.45, 7) is 6.36. The van der Waals surface area contributed by atoms with Crippen LogP contribution >= 0.6 is 11.3 Å². The summed E-state index contributed by atoms with van der Waals surface area (Å²) in [6, 6.07) is 11.8. The van der Waals surface area contributed by atoms with Crippen LogP contribution in [0.2, 0.25) is 0 Å². The Hall–Kier alpha value is -3.12. The molecule has 0 bridgehead atoms. The maximum absolute atomic E-state index is 12.7. The van der Waals surface area contributed by atoms with Gasteiger partial charge in [0.15, 0.2) is 6.61 Å². The molecule has 0 aliphatic heterocycles. The first-order valence-electron chi connectivity index (χ1n) is 9.77. The van der Waals surface area contributed by atoms with Gasteiger partial charge in [0.05, 0.1) is 19.2 Å². The van der Waals surface area contributed by atoms with Crippen molar-refractivity contribution in [2.45, 2.75) is 33.7 Å². The number of aryl methyl sites for hydroxylation is 2. The molecule has 5 nitrogen and oxygen atoms in total. The van der Waals surface area contributed by atoms with Crippen molar-refractivity contribution >= 4 is 34.1 Å². The first-order valence-corrected chi connectivity index (χ1v) is 10.6. The van der Waals surface area contributed by atoms with Gasteiger partial charge in [0.1, 0.15) is 5.58 Å². The maximum atomic E-state index is 12.7. The van der Waals surface area contributed by atoms with Gasteiger partial charge in [-0.15, -0.1) is 11.3 Å². The van der Waals surface area contributed by atoms with Crippen molar-refractivity contribution in [3.63, 3.8) is 0 Å². The molecular formula is C24H23NO4S. The topological polar surface area (TPSA) is 61.4 Å². The van der Waals surface area contributed by atoms with E-state index in [0.717, 1.165) is 40.0 Å². The molecule has 0 atom stereocenters. The van der Waals surface area contributed by atoms with E-state index in [9.17, 15) is 9.59 Å². The Morgan fingerprint density at radius 2 is 1.97 bits per heavy atom. The molecule has 0 unspecified atom stereocenters. The van der Waals surface area contributed by atoms with Crippen LogP contribution in [0.3, 0.4) is 0 Å². The highest BCUT2D eigenvalue weighted by Crippen LogP contribution is 2.23. The minimum absolute atomic E-state index is 0.0702. The Labute approximate surface area is 178 Å². The van der Waals surface area contributed by atoms with Gasteiger partial charge in [-0.05, 0) is 49.9 Å². The molecule has 4 rings (SSSR count). The molecule has 30 heavy (non-hydrogen) atoms. The molecule has 0 amide bonds. The summed E-state index contributed by atoms with van der Waals surface area (Å²) < 4.78 is 12.9. The molecule has 1 aromatic carbocycles. The Bertz CT molecular complexity index is 1210. The first-order chi connectivity index (χ1) is 14.4. The van der Waals surface area contributed by atoms with Gasteiger partial charge in [-0.2, -0.15) is 0 Å². The number of benzene rings is 1. The average molecular weight is 422 g/mol. The van der Waals surface area contributed by atoms with Crippen LogP contribution < -0.4 is 0 Å². The minimum Gasteiger partial charge on any atom is -0.464 e. The second-order valence-corrected chi connectivity index (χ2v) is 8.50. The van der Waals surface area contributed by atoms with Crippen molar-refractivity contribution in [1.82, 2.24) is 4.57 Å². The van der Waals surface area contributed by atoms with Gasteiger partial charge < -0.3 is 13.7 Å². The van der Waals surface area contributed by atoms with E-state index in [1.165, 1.54) is 4.88 Å². The van der Waals surface area contributed by atoms with Gasteiger partial charge in [-0.25, -0.2) is 0 Å². The lowest BCUT2D eigenvalue weighted by Crippen LogP contribution is -2.16. The van der Waals surface area contributed by atoms with Crippen molar-refractivity contribution < 1.29 is 18.7 Å². The van der Waals surface area contributed by atoms with E-state index in [0.29, 0.717) is 5.56 Å². The molecule has 0 saturated heterocycles. The normalized spacial score (nSPS) is 11.2. The molecule has 3 aromatic heterocycles. The third-order valence-corrected chi connectivity index (χ3v) is 6.14. The SMILES string of the molecule is Cc1ccc2c(CC(=O)OCC(=O)c3cc(C)n(Cc4cccs4)c3C)coc2c1. The number of furan rings is 1. The molecule has 0 aliphatic carbocycles. The highest BCUT2D eigenvalue weighted by Gasteiger charge is 2.18. The highest BCUT2D eigenvalue weighted by atomic mass is 32.1. The second-order valence-electron chi connectivity index (χ2n) is 7.47. The zero-order valence-corrected chi connectivity index (χ0v) is 18.0. The molecule has 0 N–H and O–H groups in total. The summed E-state index contributed by atoms with van der Waals surface area (Å²) in [5, 5.41) is 2.93. The Morgan fingerprint density at radius 1 is 1.13 bits per heavy atom. The lowest BCUT2D eigenvalue weighted by atomic mass is 10.1. The Morgan fingerprint density at radius 3 is 2.73 bits per heavy atom. The number of ether oxygens (including phenoxy) is 1. The second kappa shape index (κ2) is 8.32. The smallest absolute Gasteiger partial charge is 0.310 e. The number of carbonyl (C=O) groups is 2. The lowest BCUT2D eigenvalue weighted by Gasteiger charge is -2.08. The number of rotatable bonds is 7. The van der Waals surface area contributed by atoms with E-state index in [4.69, 9.17) is 9.15 Å². The van der Waals surface area contributed by atoms with Gasteiger partial charge in [-0.1, -0.05) is 18.2 Å². The molecule has 0 radical (unpaired) electrons. The first kappa shape index (κ1) is 20.2. The van der Waals surface area contributed by atoms with E-state index in [2.05, 4.69) is 10.6 Å². The fourth-order valence-corrected chi connectivity index (χ4v) is 4.34. The van der Waals surface area contributed by atoms with E-state index < -0.39 is 5.97 Å². The van der Waals surface area contributed by atoms with Crippen LogP contribution in [0, 0.1) is 20.8 Å². The third kappa shape index (κ3) is 4.09. The van der Waals surface area contributed by atoms with Gasteiger partial charge >= 0.3 is 5.97 Å². The zero-order chi connectivity index (χ0) is 21.3. The standard InChI is InChI=1S/C24H23NO4S/c1-15-6-7-20-18(13-28-23(20)9-15)11-24(27)29-14-22(26)21-10-16(2)25(17(21)3)12-19-5-4-8-30-19/h4-10,13H,11-12,14H2,1-3H3. The molecular weight excluding hydrogens is 398 g/mol. The molecule has 4 aromatic rings. The minimum atomic E-state index is -0.445. The summed E-state index contributed by atoms with van der Waals surface area (Å²) in [6.07, 6.45) is 1.64. The van der Waals surface area contributed by atoms with Crippen LogP contribution in [0.5, 0.6) is 0 Å². The Balaban J connectivity index is 1.40.